The van der Waals surface area contributed by atoms with E-state index in [0.717, 1.165) is 30.5 Å². The summed E-state index contributed by atoms with van der Waals surface area (Å²) in [5, 5.41) is 7.29. The van der Waals surface area contributed by atoms with E-state index in [0.29, 0.717) is 0 Å². The van der Waals surface area contributed by atoms with E-state index in [2.05, 4.69) is 20.6 Å². The fourth-order valence-corrected chi connectivity index (χ4v) is 3.41. The van der Waals surface area contributed by atoms with E-state index in [1.807, 2.05) is 19.2 Å². The lowest BCUT2D eigenvalue weighted by atomic mass is 9.73. The van der Waals surface area contributed by atoms with Crippen LogP contribution >= 0.6 is 0 Å². The predicted octanol–water partition coefficient (Wildman–Crippen LogP) is 1.41. The molecule has 2 N–H and O–H groups in total. The Morgan fingerprint density at radius 1 is 1.56 bits per heavy atom. The number of aromatic nitrogens is 2. The van der Waals surface area contributed by atoms with Crippen LogP contribution in [-0.4, -0.2) is 28.6 Å². The lowest BCUT2D eigenvalue weighted by Gasteiger charge is -2.46. The molecule has 0 radical (unpaired) electrons. The van der Waals surface area contributed by atoms with Crippen molar-refractivity contribution in [2.24, 2.45) is 5.92 Å². The summed E-state index contributed by atoms with van der Waals surface area (Å²) in [6.07, 6.45) is 7.18. The van der Waals surface area contributed by atoms with E-state index in [9.17, 15) is 0 Å². The first-order chi connectivity index (χ1) is 8.76. The van der Waals surface area contributed by atoms with Gasteiger partial charge in [-0.15, -0.1) is 0 Å². The number of nitrogens with one attached hydrogen (secondary N) is 2. The topological polar surface area (TPSA) is 49.8 Å². The van der Waals surface area contributed by atoms with Crippen LogP contribution in [0.1, 0.15) is 37.2 Å². The van der Waals surface area contributed by atoms with Crippen LogP contribution in [0, 0.1) is 12.8 Å². The Hall–Kier alpha value is -1.00. The average Bonchev–Trinajstić information content (AvgIpc) is 2.37. The van der Waals surface area contributed by atoms with Gasteiger partial charge in [0.2, 0.25) is 0 Å². The normalized spacial score (nSPS) is 31.3. The third-order valence-electron chi connectivity index (χ3n) is 4.31. The maximum Gasteiger partial charge on any atom is 0.142 e. The lowest BCUT2D eigenvalue weighted by molar-refractivity contribution is 0.131. The van der Waals surface area contributed by atoms with Crippen LogP contribution in [-0.2, 0) is 6.54 Å². The molecular formula is C14H22N4. The van der Waals surface area contributed by atoms with Gasteiger partial charge in [0.1, 0.15) is 5.82 Å². The summed E-state index contributed by atoms with van der Waals surface area (Å²) in [6, 6.07) is 1.95. The Bertz CT molecular complexity index is 408. The molecule has 2 aliphatic rings. The highest BCUT2D eigenvalue weighted by Gasteiger charge is 2.38. The van der Waals surface area contributed by atoms with Crippen molar-refractivity contribution in [3.8, 4) is 0 Å². The van der Waals surface area contributed by atoms with Gasteiger partial charge < -0.3 is 10.6 Å². The molecule has 0 spiro atoms. The number of hydrogen-bond acceptors (Lipinski definition) is 4. The molecule has 2 atom stereocenters. The SMILES string of the molecule is Cc1ccnc(CNC23CCCC(CNC2)C3)n1. The molecule has 1 aliphatic heterocycles. The van der Waals surface area contributed by atoms with Crippen LogP contribution in [0.3, 0.4) is 0 Å². The van der Waals surface area contributed by atoms with Crippen molar-refractivity contribution in [2.45, 2.75) is 44.7 Å². The number of fused-ring (bicyclic) bond motifs is 2. The lowest BCUT2D eigenvalue weighted by Crippen LogP contribution is -2.59. The number of aryl methyl sites for hydroxylation is 1. The molecule has 2 bridgehead atoms. The molecule has 2 fully saturated rings. The fraction of sp³-hybridized carbons (Fsp3) is 0.714. The van der Waals surface area contributed by atoms with Crippen LogP contribution < -0.4 is 10.6 Å². The highest BCUT2D eigenvalue weighted by atomic mass is 15.1. The van der Waals surface area contributed by atoms with Gasteiger partial charge in [0, 0.05) is 24.0 Å². The van der Waals surface area contributed by atoms with Crippen molar-refractivity contribution >= 4 is 0 Å². The molecule has 4 heteroatoms. The third kappa shape index (κ3) is 2.54. The zero-order valence-electron chi connectivity index (χ0n) is 11.1. The maximum absolute atomic E-state index is 4.47. The summed E-state index contributed by atoms with van der Waals surface area (Å²) in [6.45, 7) is 5.10. The Labute approximate surface area is 109 Å². The van der Waals surface area contributed by atoms with Crippen molar-refractivity contribution in [2.75, 3.05) is 13.1 Å². The van der Waals surface area contributed by atoms with Crippen molar-refractivity contribution in [1.29, 1.82) is 0 Å². The van der Waals surface area contributed by atoms with Gasteiger partial charge in [-0.05, 0) is 44.7 Å². The largest absolute Gasteiger partial charge is 0.315 e. The van der Waals surface area contributed by atoms with Crippen LogP contribution in [0.15, 0.2) is 12.3 Å². The second-order valence-electron chi connectivity index (χ2n) is 5.84. The molecular weight excluding hydrogens is 224 g/mol. The predicted molar refractivity (Wildman–Crippen MR) is 71.2 cm³/mol. The van der Waals surface area contributed by atoms with Crippen LogP contribution in [0.25, 0.3) is 0 Å². The van der Waals surface area contributed by atoms with Gasteiger partial charge in [-0.25, -0.2) is 9.97 Å². The first kappa shape index (κ1) is 12.1. The zero-order valence-corrected chi connectivity index (χ0v) is 11.1. The van der Waals surface area contributed by atoms with Crippen molar-refractivity contribution in [1.82, 2.24) is 20.6 Å². The van der Waals surface area contributed by atoms with Crippen molar-refractivity contribution in [3.05, 3.63) is 23.8 Å². The monoisotopic (exact) mass is 246 g/mol. The Balaban J connectivity index is 1.65. The minimum Gasteiger partial charge on any atom is -0.315 e. The van der Waals surface area contributed by atoms with E-state index >= 15 is 0 Å². The average molecular weight is 246 g/mol. The minimum atomic E-state index is 0.286. The first-order valence-electron chi connectivity index (χ1n) is 7.00. The molecule has 4 nitrogen and oxygen atoms in total. The molecule has 2 heterocycles. The molecule has 1 aromatic rings. The van der Waals surface area contributed by atoms with Gasteiger partial charge in [0.15, 0.2) is 0 Å². The highest BCUT2D eigenvalue weighted by Crippen LogP contribution is 2.34. The highest BCUT2D eigenvalue weighted by molar-refractivity contribution is 5.03. The molecule has 2 unspecified atom stereocenters. The third-order valence-corrected chi connectivity index (χ3v) is 4.31. The molecule has 0 amide bonds. The van der Waals surface area contributed by atoms with Gasteiger partial charge in [-0.2, -0.15) is 0 Å². The molecule has 1 aromatic heterocycles. The van der Waals surface area contributed by atoms with Gasteiger partial charge in [0.05, 0.1) is 6.54 Å². The summed E-state index contributed by atoms with van der Waals surface area (Å²) in [7, 11) is 0. The van der Waals surface area contributed by atoms with Gasteiger partial charge >= 0.3 is 0 Å². The Morgan fingerprint density at radius 3 is 3.39 bits per heavy atom. The molecule has 1 saturated heterocycles. The number of piperidine rings is 1. The molecule has 0 aromatic carbocycles. The second kappa shape index (κ2) is 4.94. The number of hydrogen-bond donors (Lipinski definition) is 2. The molecule has 18 heavy (non-hydrogen) atoms. The summed E-state index contributed by atoms with van der Waals surface area (Å²) in [5.74, 6) is 1.77. The van der Waals surface area contributed by atoms with E-state index in [-0.39, 0.29) is 5.54 Å². The molecule has 1 aliphatic carbocycles. The van der Waals surface area contributed by atoms with Gasteiger partial charge in [-0.3, -0.25) is 0 Å². The van der Waals surface area contributed by atoms with Crippen molar-refractivity contribution < 1.29 is 0 Å². The van der Waals surface area contributed by atoms with Crippen LogP contribution in [0.4, 0.5) is 0 Å². The van der Waals surface area contributed by atoms with Gasteiger partial charge in [0.25, 0.3) is 0 Å². The van der Waals surface area contributed by atoms with E-state index < -0.39 is 0 Å². The Morgan fingerprint density at radius 2 is 2.50 bits per heavy atom. The van der Waals surface area contributed by atoms with E-state index in [1.54, 1.807) is 0 Å². The van der Waals surface area contributed by atoms with Crippen LogP contribution in [0.2, 0.25) is 0 Å². The van der Waals surface area contributed by atoms with E-state index in [4.69, 9.17) is 0 Å². The zero-order chi connectivity index (χ0) is 12.4. The standard InChI is InChI=1S/C14H22N4/c1-11-4-6-16-13(18-11)9-17-14-5-2-3-12(7-14)8-15-10-14/h4,6,12,15,17H,2-3,5,7-10H2,1H3. The quantitative estimate of drug-likeness (QED) is 0.846. The van der Waals surface area contributed by atoms with Gasteiger partial charge in [-0.1, -0.05) is 6.42 Å². The van der Waals surface area contributed by atoms with Crippen molar-refractivity contribution in [3.63, 3.8) is 0 Å². The molecule has 1 saturated carbocycles. The minimum absolute atomic E-state index is 0.286. The fourth-order valence-electron chi connectivity index (χ4n) is 3.41. The van der Waals surface area contributed by atoms with E-state index in [1.165, 1.54) is 32.2 Å². The summed E-state index contributed by atoms with van der Waals surface area (Å²) >= 11 is 0. The smallest absolute Gasteiger partial charge is 0.142 e. The summed E-state index contributed by atoms with van der Waals surface area (Å²) < 4.78 is 0. The Kier molecular flexibility index (Phi) is 3.31. The van der Waals surface area contributed by atoms with Crippen LogP contribution in [0.5, 0.6) is 0 Å². The summed E-state index contributed by atoms with van der Waals surface area (Å²) in [5.41, 5.74) is 1.33. The molecule has 3 rings (SSSR count). The second-order valence-corrected chi connectivity index (χ2v) is 5.84. The number of rotatable bonds is 3. The first-order valence-corrected chi connectivity index (χ1v) is 7.00. The maximum atomic E-state index is 4.47. The summed E-state index contributed by atoms with van der Waals surface area (Å²) in [4.78, 5) is 8.80. The molecule has 98 valence electrons. The number of nitrogens with zero attached hydrogens (tertiary/aromatic N) is 2.